The number of aromatic nitrogens is 2. The molecular weight excluding hydrogens is 756 g/mol. The molecule has 1 aromatic carbocycles. The fraction of sp³-hybridized carbons (Fsp3) is 0.605. The maximum atomic E-state index is 14.2. The van der Waals surface area contributed by atoms with Crippen LogP contribution in [0.15, 0.2) is 23.6 Å². The third kappa shape index (κ3) is 8.86. The van der Waals surface area contributed by atoms with Gasteiger partial charge in [0, 0.05) is 41.8 Å². The van der Waals surface area contributed by atoms with E-state index < -0.39 is 60.0 Å². The van der Waals surface area contributed by atoms with E-state index in [1.165, 1.54) is 22.7 Å². The number of amides is 3. The van der Waals surface area contributed by atoms with Crippen molar-refractivity contribution in [3.8, 4) is 22.9 Å². The van der Waals surface area contributed by atoms with E-state index in [-0.39, 0.29) is 48.9 Å². The van der Waals surface area contributed by atoms with Crippen LogP contribution in [0.5, 0.6) is 11.5 Å². The normalized spacial score (nSPS) is 26.2. The molecule has 2 saturated carbocycles. The Hall–Kier alpha value is -4.02. The third-order valence-electron chi connectivity index (χ3n) is 10.7. The molecule has 298 valence electrons. The van der Waals surface area contributed by atoms with Crippen LogP contribution in [0.4, 0.5) is 18.7 Å². The van der Waals surface area contributed by atoms with Crippen LogP contribution in [0.2, 0.25) is 5.02 Å². The summed E-state index contributed by atoms with van der Waals surface area (Å²) < 4.78 is 45.8. The summed E-state index contributed by atoms with van der Waals surface area (Å²) >= 11 is 8.32. The van der Waals surface area contributed by atoms with Crippen molar-refractivity contribution in [3.63, 3.8) is 0 Å². The number of nitrogens with one attached hydrogen (secondary N) is 3. The Bertz CT molecular complexity index is 1950. The maximum Gasteiger partial charge on any atom is 0.408 e. The van der Waals surface area contributed by atoms with E-state index in [0.717, 1.165) is 12.8 Å². The van der Waals surface area contributed by atoms with Gasteiger partial charge in [0.2, 0.25) is 11.8 Å². The minimum absolute atomic E-state index is 0.00793. The summed E-state index contributed by atoms with van der Waals surface area (Å²) in [6, 6.07) is 2.66. The average Bonchev–Trinajstić information content (AvgIpc) is 3.54. The van der Waals surface area contributed by atoms with Crippen LogP contribution in [0.25, 0.3) is 22.3 Å². The Morgan fingerprint density at radius 1 is 1.09 bits per heavy atom. The first kappa shape index (κ1) is 39.2. The molecule has 13 nitrogen and oxygen atoms in total. The zero-order valence-corrected chi connectivity index (χ0v) is 33.1. The van der Waals surface area contributed by atoms with Gasteiger partial charge in [-0.3, -0.25) is 9.59 Å². The van der Waals surface area contributed by atoms with Crippen molar-refractivity contribution >= 4 is 56.9 Å². The first-order valence-electron chi connectivity index (χ1n) is 18.8. The molecule has 4 heterocycles. The highest BCUT2D eigenvalue weighted by molar-refractivity contribution is 7.14. The number of nitrogens with zero attached hydrogens (tertiary/aromatic N) is 3. The molecule has 0 bridgehead atoms. The molecule has 7 rings (SSSR count). The number of fused-ring (bicyclic) bond motifs is 2. The summed E-state index contributed by atoms with van der Waals surface area (Å²) in [4.78, 5) is 51.0. The SMILES string of the molecule is CC(C)Nc1nc(-c2cc(OC3C[C@@H](C(N)=O)N(C(=O)[C@@H](NC(=O)OC4C[C@@H]5C[C@@H]5C4)C(C)(C)C)C3)c3ccc(OC[C@@H]4CC(F)(F)CN4)c(Cl)c3n2)cs1. The van der Waals surface area contributed by atoms with Crippen molar-refractivity contribution in [2.24, 2.45) is 23.0 Å². The predicted molar refractivity (Wildman–Crippen MR) is 205 cm³/mol. The summed E-state index contributed by atoms with van der Waals surface area (Å²) in [7, 11) is 0. The molecule has 17 heteroatoms. The summed E-state index contributed by atoms with van der Waals surface area (Å²) in [6.45, 7) is 9.07. The number of hydrogen-bond acceptors (Lipinski definition) is 11. The number of rotatable bonds is 12. The smallest absolute Gasteiger partial charge is 0.408 e. The Balaban J connectivity index is 1.14. The summed E-state index contributed by atoms with van der Waals surface area (Å²) in [5, 5.41) is 12.1. The van der Waals surface area contributed by atoms with Crippen molar-refractivity contribution in [3.05, 3.63) is 28.6 Å². The summed E-state index contributed by atoms with van der Waals surface area (Å²) in [6.07, 6.45) is 1.09. The number of primary amides is 1. The number of hydrogen-bond donors (Lipinski definition) is 4. The van der Waals surface area contributed by atoms with Crippen molar-refractivity contribution in [2.45, 2.75) is 109 Å². The van der Waals surface area contributed by atoms with E-state index in [4.69, 9.17) is 41.5 Å². The molecule has 4 fully saturated rings. The van der Waals surface area contributed by atoms with Gasteiger partial charge in [-0.15, -0.1) is 11.3 Å². The van der Waals surface area contributed by atoms with Crippen LogP contribution >= 0.6 is 22.9 Å². The second-order valence-electron chi connectivity index (χ2n) is 16.6. The Morgan fingerprint density at radius 3 is 2.49 bits per heavy atom. The lowest BCUT2D eigenvalue weighted by Crippen LogP contribution is -2.57. The first-order chi connectivity index (χ1) is 25.9. The molecule has 2 aliphatic carbocycles. The van der Waals surface area contributed by atoms with Gasteiger partial charge in [-0.05, 0) is 62.5 Å². The third-order valence-corrected chi connectivity index (χ3v) is 11.8. The van der Waals surface area contributed by atoms with E-state index >= 15 is 0 Å². The molecule has 3 amide bonds. The number of pyridine rings is 1. The zero-order valence-electron chi connectivity index (χ0n) is 31.5. The highest BCUT2D eigenvalue weighted by atomic mass is 35.5. The second kappa shape index (κ2) is 15.1. The highest BCUT2D eigenvalue weighted by Crippen LogP contribution is 2.52. The molecule has 7 atom stereocenters. The number of carbonyl (C=O) groups excluding carboxylic acids is 3. The Morgan fingerprint density at radius 2 is 1.84 bits per heavy atom. The number of alkyl halides is 2. The number of halogens is 3. The highest BCUT2D eigenvalue weighted by Gasteiger charge is 2.49. The lowest BCUT2D eigenvalue weighted by molar-refractivity contribution is -0.141. The number of benzene rings is 1. The van der Waals surface area contributed by atoms with Crippen LogP contribution < -0.4 is 31.2 Å². The number of anilines is 1. The van der Waals surface area contributed by atoms with Gasteiger partial charge in [0.1, 0.15) is 53.1 Å². The zero-order chi connectivity index (χ0) is 39.4. The quantitative estimate of drug-likeness (QED) is 0.171. The van der Waals surface area contributed by atoms with E-state index in [0.29, 0.717) is 45.0 Å². The average molecular weight is 804 g/mol. The van der Waals surface area contributed by atoms with Crippen LogP contribution in [-0.4, -0.2) is 94.8 Å². The van der Waals surface area contributed by atoms with Gasteiger partial charge in [0.15, 0.2) is 5.13 Å². The standard InChI is InChI=1S/C38H48ClF2N7O6S/c1-18(2)44-35-46-26(16-55-35)25-12-29(24-6-7-28(30(39)31(24)45-25)52-15-21-13-38(40,41)17-43-21)53-23-11-27(33(42)49)48(14-23)34(50)32(37(3,4)5)47-36(51)54-22-9-19-8-20(19)10-22/h6-7,12,16,18-23,27,32,43H,8-11,13-15,17H2,1-5H3,(H2,42,49)(H,44,46)(H,47,51)/t19-,20+,21-,22?,23?,27-,32+/m0/s1. The summed E-state index contributed by atoms with van der Waals surface area (Å²) in [5.41, 5.74) is 6.47. The van der Waals surface area contributed by atoms with E-state index in [1.54, 1.807) is 18.2 Å². The molecule has 3 aromatic rings. The molecule has 5 N–H and O–H groups in total. The summed E-state index contributed by atoms with van der Waals surface area (Å²) in [5.74, 6) is -2.11. The molecule has 2 unspecified atom stereocenters. The minimum atomic E-state index is -2.81. The number of likely N-dealkylation sites (tertiary alicyclic amines) is 1. The Kier molecular flexibility index (Phi) is 10.8. The maximum absolute atomic E-state index is 14.2. The van der Waals surface area contributed by atoms with Crippen LogP contribution in [0.1, 0.15) is 66.7 Å². The fourth-order valence-corrected chi connectivity index (χ4v) is 8.92. The number of alkyl carbamates (subject to hydrolysis) is 1. The van der Waals surface area contributed by atoms with Crippen molar-refractivity contribution in [1.82, 2.24) is 25.5 Å². The van der Waals surface area contributed by atoms with Gasteiger partial charge in [0.05, 0.1) is 24.3 Å². The van der Waals surface area contributed by atoms with E-state index in [9.17, 15) is 23.2 Å². The van der Waals surface area contributed by atoms with Crippen molar-refractivity contribution < 1.29 is 37.4 Å². The molecule has 0 radical (unpaired) electrons. The van der Waals surface area contributed by atoms with Gasteiger partial charge in [-0.25, -0.2) is 23.5 Å². The van der Waals surface area contributed by atoms with Gasteiger partial charge < -0.3 is 40.8 Å². The molecule has 2 saturated heterocycles. The molecular formula is C38H48ClF2N7O6S. The van der Waals surface area contributed by atoms with Gasteiger partial charge >= 0.3 is 6.09 Å². The van der Waals surface area contributed by atoms with E-state index in [1.807, 2.05) is 40.0 Å². The van der Waals surface area contributed by atoms with Gasteiger partial charge in [-0.2, -0.15) is 0 Å². The van der Waals surface area contributed by atoms with Crippen LogP contribution in [-0.2, 0) is 14.3 Å². The second-order valence-corrected chi connectivity index (χ2v) is 17.9. The fourth-order valence-electron chi connectivity index (χ4n) is 7.81. The molecule has 0 spiro atoms. The van der Waals surface area contributed by atoms with Crippen molar-refractivity contribution in [2.75, 3.05) is 25.0 Å². The molecule has 2 aromatic heterocycles. The van der Waals surface area contributed by atoms with Gasteiger partial charge in [0.25, 0.3) is 5.92 Å². The molecule has 55 heavy (non-hydrogen) atoms. The lowest BCUT2D eigenvalue weighted by Gasteiger charge is -2.35. The first-order valence-corrected chi connectivity index (χ1v) is 20.0. The van der Waals surface area contributed by atoms with E-state index in [2.05, 4.69) is 16.0 Å². The molecule has 2 aliphatic heterocycles. The predicted octanol–water partition coefficient (Wildman–Crippen LogP) is 5.98. The Labute approximate surface area is 327 Å². The minimum Gasteiger partial charge on any atom is -0.490 e. The monoisotopic (exact) mass is 803 g/mol. The topological polar surface area (TPSA) is 170 Å². The number of nitrogens with two attached hydrogens (primary N) is 1. The van der Waals surface area contributed by atoms with Gasteiger partial charge in [-0.1, -0.05) is 32.4 Å². The number of carbonyl (C=O) groups is 3. The number of ether oxygens (including phenoxy) is 3. The lowest BCUT2D eigenvalue weighted by atomic mass is 9.85. The number of thiazole rings is 1. The van der Waals surface area contributed by atoms with Crippen molar-refractivity contribution in [1.29, 1.82) is 0 Å². The molecule has 4 aliphatic rings. The van der Waals surface area contributed by atoms with Crippen LogP contribution in [0.3, 0.4) is 0 Å². The largest absolute Gasteiger partial charge is 0.490 e. The van der Waals surface area contributed by atoms with Crippen LogP contribution in [0, 0.1) is 17.3 Å².